The van der Waals surface area contributed by atoms with E-state index in [1.165, 1.54) is 18.2 Å². The second-order valence-electron chi connectivity index (χ2n) is 2.41. The van der Waals surface area contributed by atoms with Crippen LogP contribution in [0.4, 0.5) is 10.1 Å². The van der Waals surface area contributed by atoms with Gasteiger partial charge in [-0.25, -0.2) is 4.39 Å². The molecule has 66 valence electrons. The van der Waals surface area contributed by atoms with E-state index in [1.807, 2.05) is 0 Å². The van der Waals surface area contributed by atoms with Crippen molar-refractivity contribution < 1.29 is 9.18 Å². The van der Waals surface area contributed by atoms with Crippen LogP contribution in [0.3, 0.4) is 0 Å². The minimum Gasteiger partial charge on any atom is -0.399 e. The van der Waals surface area contributed by atoms with Crippen molar-refractivity contribution in [1.29, 1.82) is 0 Å². The van der Waals surface area contributed by atoms with Gasteiger partial charge < -0.3 is 10.5 Å². The molecule has 2 nitrogen and oxygen atoms in total. The molecule has 0 heterocycles. The van der Waals surface area contributed by atoms with Gasteiger partial charge in [-0.2, -0.15) is 0 Å². The lowest BCUT2D eigenvalue weighted by Crippen LogP contribution is -1.89. The maximum Gasteiger partial charge on any atom is 0.138 e. The van der Waals surface area contributed by atoms with Crippen LogP contribution >= 0.6 is 0 Å². The highest BCUT2D eigenvalue weighted by molar-refractivity contribution is 5.55. The Labute approximate surface area is 75.6 Å². The van der Waals surface area contributed by atoms with Crippen molar-refractivity contribution in [3.63, 3.8) is 0 Å². The van der Waals surface area contributed by atoms with Crippen molar-refractivity contribution in [1.82, 2.24) is 0 Å². The molecular formula is C10H8FNO. The monoisotopic (exact) mass is 177 g/mol. The summed E-state index contributed by atoms with van der Waals surface area (Å²) in [7, 11) is 0. The molecule has 3 heteroatoms. The van der Waals surface area contributed by atoms with E-state index in [0.29, 0.717) is 12.0 Å². The van der Waals surface area contributed by atoms with Gasteiger partial charge in [-0.1, -0.05) is 11.8 Å². The molecule has 0 spiro atoms. The van der Waals surface area contributed by atoms with Crippen molar-refractivity contribution in [2.24, 2.45) is 0 Å². The van der Waals surface area contributed by atoms with Crippen LogP contribution in [0.15, 0.2) is 18.2 Å². The Hall–Kier alpha value is -1.82. The second-order valence-corrected chi connectivity index (χ2v) is 2.41. The summed E-state index contributed by atoms with van der Waals surface area (Å²) >= 11 is 0. The first-order chi connectivity index (χ1) is 6.24. The molecule has 0 amide bonds. The average molecular weight is 177 g/mol. The van der Waals surface area contributed by atoms with Gasteiger partial charge in [0.05, 0.1) is 12.0 Å². The number of carbonyl (C=O) groups excluding carboxylic acids is 1. The molecule has 0 aliphatic rings. The van der Waals surface area contributed by atoms with Crippen LogP contribution in [0.5, 0.6) is 0 Å². The SMILES string of the molecule is Nc1ccc(F)c(C#CCC=O)c1. The largest absolute Gasteiger partial charge is 0.399 e. The zero-order valence-electron chi connectivity index (χ0n) is 6.88. The molecule has 0 aliphatic carbocycles. The molecular weight excluding hydrogens is 169 g/mol. The average Bonchev–Trinajstić information content (AvgIpc) is 2.11. The predicted molar refractivity (Wildman–Crippen MR) is 48.4 cm³/mol. The Morgan fingerprint density at radius 2 is 2.31 bits per heavy atom. The molecule has 0 atom stereocenters. The number of anilines is 1. The van der Waals surface area contributed by atoms with Crippen LogP contribution in [-0.2, 0) is 4.79 Å². The number of carbonyl (C=O) groups is 1. The van der Waals surface area contributed by atoms with E-state index in [4.69, 9.17) is 5.73 Å². The zero-order chi connectivity index (χ0) is 9.68. The van der Waals surface area contributed by atoms with Gasteiger partial charge >= 0.3 is 0 Å². The minimum atomic E-state index is -0.424. The van der Waals surface area contributed by atoms with E-state index in [9.17, 15) is 9.18 Å². The highest BCUT2D eigenvalue weighted by Crippen LogP contribution is 2.10. The predicted octanol–water partition coefficient (Wildman–Crippen LogP) is 1.35. The number of aldehydes is 1. The number of hydrogen-bond acceptors (Lipinski definition) is 2. The molecule has 0 saturated heterocycles. The van der Waals surface area contributed by atoms with Gasteiger partial charge in [0.1, 0.15) is 12.1 Å². The van der Waals surface area contributed by atoms with E-state index in [0.717, 1.165) is 0 Å². The number of nitrogens with two attached hydrogens (primary N) is 1. The summed E-state index contributed by atoms with van der Waals surface area (Å²) < 4.78 is 13.0. The van der Waals surface area contributed by atoms with Crippen LogP contribution in [-0.4, -0.2) is 6.29 Å². The summed E-state index contributed by atoms with van der Waals surface area (Å²) in [5.74, 6) is 4.60. The fourth-order valence-electron chi connectivity index (χ4n) is 0.827. The Kier molecular flexibility index (Phi) is 3.04. The Balaban J connectivity index is 2.95. The maximum atomic E-state index is 13.0. The van der Waals surface area contributed by atoms with Gasteiger partial charge in [0, 0.05) is 5.69 Å². The topological polar surface area (TPSA) is 43.1 Å². The number of hydrogen-bond donors (Lipinski definition) is 1. The molecule has 0 saturated carbocycles. The Bertz CT molecular complexity index is 376. The quantitative estimate of drug-likeness (QED) is 0.399. The summed E-state index contributed by atoms with van der Waals surface area (Å²) in [6.07, 6.45) is 0.769. The fraction of sp³-hybridized carbons (Fsp3) is 0.100. The summed E-state index contributed by atoms with van der Waals surface area (Å²) in [6.45, 7) is 0. The van der Waals surface area contributed by atoms with Crippen molar-refractivity contribution >= 4 is 12.0 Å². The number of halogens is 1. The van der Waals surface area contributed by atoms with Gasteiger partial charge in [0.2, 0.25) is 0 Å². The summed E-state index contributed by atoms with van der Waals surface area (Å²) in [6, 6.07) is 4.15. The molecule has 1 aromatic rings. The molecule has 0 unspecified atom stereocenters. The molecule has 0 aliphatic heterocycles. The van der Waals surface area contributed by atoms with Gasteiger partial charge in [-0.05, 0) is 18.2 Å². The molecule has 0 bridgehead atoms. The first-order valence-corrected chi connectivity index (χ1v) is 3.71. The fourth-order valence-corrected chi connectivity index (χ4v) is 0.827. The molecule has 0 radical (unpaired) electrons. The lowest BCUT2D eigenvalue weighted by atomic mass is 10.2. The lowest BCUT2D eigenvalue weighted by molar-refractivity contribution is -0.107. The lowest BCUT2D eigenvalue weighted by Gasteiger charge is -1.95. The zero-order valence-corrected chi connectivity index (χ0v) is 6.88. The first-order valence-electron chi connectivity index (χ1n) is 3.71. The van der Waals surface area contributed by atoms with Gasteiger partial charge in [0.15, 0.2) is 0 Å². The highest BCUT2D eigenvalue weighted by atomic mass is 19.1. The second kappa shape index (κ2) is 4.27. The third-order valence-electron chi connectivity index (χ3n) is 1.40. The summed E-state index contributed by atoms with van der Waals surface area (Å²) in [4.78, 5) is 9.93. The summed E-state index contributed by atoms with van der Waals surface area (Å²) in [5.41, 5.74) is 6.11. The van der Waals surface area contributed by atoms with E-state index in [1.54, 1.807) is 0 Å². The van der Waals surface area contributed by atoms with Crippen molar-refractivity contribution in [2.75, 3.05) is 5.73 Å². The van der Waals surface area contributed by atoms with Crippen molar-refractivity contribution in [3.05, 3.63) is 29.6 Å². The molecule has 13 heavy (non-hydrogen) atoms. The Morgan fingerprint density at radius 1 is 1.54 bits per heavy atom. The smallest absolute Gasteiger partial charge is 0.138 e. The molecule has 2 N–H and O–H groups in total. The van der Waals surface area contributed by atoms with Crippen LogP contribution in [0.25, 0.3) is 0 Å². The van der Waals surface area contributed by atoms with E-state index < -0.39 is 5.82 Å². The van der Waals surface area contributed by atoms with Crippen LogP contribution < -0.4 is 5.73 Å². The normalized spacial score (nSPS) is 8.69. The number of rotatable bonds is 1. The molecule has 0 fully saturated rings. The van der Waals surface area contributed by atoms with Crippen LogP contribution in [0.1, 0.15) is 12.0 Å². The third-order valence-corrected chi connectivity index (χ3v) is 1.40. The maximum absolute atomic E-state index is 13.0. The number of nitrogen functional groups attached to an aromatic ring is 1. The van der Waals surface area contributed by atoms with Crippen LogP contribution in [0.2, 0.25) is 0 Å². The standard InChI is InChI=1S/C10H8FNO/c11-10-5-4-9(12)7-8(10)3-1-2-6-13/h4-7H,2,12H2. The first kappa shape index (κ1) is 9.27. The van der Waals surface area contributed by atoms with E-state index in [-0.39, 0.29) is 12.0 Å². The Morgan fingerprint density at radius 3 is 3.00 bits per heavy atom. The summed E-state index contributed by atoms with van der Waals surface area (Å²) in [5, 5.41) is 0. The molecule has 1 rings (SSSR count). The van der Waals surface area contributed by atoms with Crippen molar-refractivity contribution in [2.45, 2.75) is 6.42 Å². The van der Waals surface area contributed by atoms with Crippen molar-refractivity contribution in [3.8, 4) is 11.8 Å². The van der Waals surface area contributed by atoms with Crippen LogP contribution in [0, 0.1) is 17.7 Å². The van der Waals surface area contributed by atoms with Gasteiger partial charge in [0.25, 0.3) is 0 Å². The highest BCUT2D eigenvalue weighted by Gasteiger charge is 1.97. The minimum absolute atomic E-state index is 0.105. The van der Waals surface area contributed by atoms with Gasteiger partial charge in [-0.3, -0.25) is 0 Å². The van der Waals surface area contributed by atoms with Gasteiger partial charge in [-0.15, -0.1) is 0 Å². The molecule has 1 aromatic carbocycles. The third kappa shape index (κ3) is 2.60. The van der Waals surface area contributed by atoms with E-state index >= 15 is 0 Å². The number of benzene rings is 1. The molecule has 0 aromatic heterocycles. The van der Waals surface area contributed by atoms with E-state index in [2.05, 4.69) is 11.8 Å².